The van der Waals surface area contributed by atoms with E-state index in [2.05, 4.69) is 4.99 Å². The van der Waals surface area contributed by atoms with Crippen LogP contribution in [0, 0.1) is 10.1 Å². The van der Waals surface area contributed by atoms with Gasteiger partial charge in [-0.1, -0.05) is 6.07 Å². The maximum atomic E-state index is 10.4. The van der Waals surface area contributed by atoms with Crippen LogP contribution in [0.15, 0.2) is 29.3 Å². The van der Waals surface area contributed by atoms with Crippen LogP contribution in [0.25, 0.3) is 0 Å². The highest BCUT2D eigenvalue weighted by Crippen LogP contribution is 2.18. The van der Waals surface area contributed by atoms with Crippen LogP contribution in [0.2, 0.25) is 0 Å². The Kier molecular flexibility index (Phi) is 3.60. The first-order valence-corrected chi connectivity index (χ1v) is 4.12. The smallest absolute Gasteiger partial charge is 0.271 e. The molecule has 0 aromatic heterocycles. The van der Waals surface area contributed by atoms with E-state index >= 15 is 0 Å². The Labute approximate surface area is 81.2 Å². The van der Waals surface area contributed by atoms with Crippen molar-refractivity contribution in [3.8, 4) is 0 Å². The molecule has 0 aliphatic heterocycles. The van der Waals surface area contributed by atoms with E-state index < -0.39 is 4.92 Å². The van der Waals surface area contributed by atoms with E-state index in [1.165, 1.54) is 18.5 Å². The van der Waals surface area contributed by atoms with E-state index in [0.29, 0.717) is 12.3 Å². The third-order valence-electron chi connectivity index (χ3n) is 1.48. The zero-order chi connectivity index (χ0) is 10.4. The quantitative estimate of drug-likeness (QED) is 0.319. The molecule has 0 bridgehead atoms. The van der Waals surface area contributed by atoms with Crippen LogP contribution < -0.4 is 0 Å². The van der Waals surface area contributed by atoms with Gasteiger partial charge in [0.1, 0.15) is 0 Å². The van der Waals surface area contributed by atoms with Crippen molar-refractivity contribution in [2.24, 2.45) is 4.99 Å². The first kappa shape index (κ1) is 10.2. The number of non-ortho nitro benzene ring substituents is 1. The van der Waals surface area contributed by atoms with E-state index in [1.54, 1.807) is 12.1 Å². The van der Waals surface area contributed by atoms with Crippen molar-refractivity contribution in [3.63, 3.8) is 0 Å². The Hall–Kier alpha value is -1.91. The van der Waals surface area contributed by atoms with Gasteiger partial charge in [0.15, 0.2) is 6.40 Å². The van der Waals surface area contributed by atoms with Crippen LogP contribution in [-0.2, 0) is 4.74 Å². The summed E-state index contributed by atoms with van der Waals surface area (Å²) in [6, 6.07) is 6.05. The minimum atomic E-state index is -0.459. The van der Waals surface area contributed by atoms with Gasteiger partial charge in [0.25, 0.3) is 5.69 Å². The molecule has 1 aromatic carbocycles. The maximum Gasteiger partial charge on any atom is 0.271 e. The predicted octanol–water partition coefficient (Wildman–Crippen LogP) is 2.29. The lowest BCUT2D eigenvalue weighted by atomic mass is 10.3. The Bertz CT molecular complexity index is 350. The number of nitro groups is 1. The fourth-order valence-corrected chi connectivity index (χ4v) is 0.860. The lowest BCUT2D eigenvalue weighted by molar-refractivity contribution is -0.384. The van der Waals surface area contributed by atoms with Gasteiger partial charge in [0.2, 0.25) is 0 Å². The highest BCUT2D eigenvalue weighted by molar-refractivity contribution is 5.57. The van der Waals surface area contributed by atoms with Crippen LogP contribution in [0.4, 0.5) is 11.4 Å². The summed E-state index contributed by atoms with van der Waals surface area (Å²) in [6.45, 7) is 2.36. The topological polar surface area (TPSA) is 64.7 Å². The number of hydrogen-bond acceptors (Lipinski definition) is 4. The minimum Gasteiger partial charge on any atom is -0.483 e. The third kappa shape index (κ3) is 2.85. The molecule has 0 saturated carbocycles. The monoisotopic (exact) mass is 194 g/mol. The van der Waals surface area contributed by atoms with Gasteiger partial charge >= 0.3 is 0 Å². The van der Waals surface area contributed by atoms with E-state index in [0.717, 1.165) is 0 Å². The van der Waals surface area contributed by atoms with Gasteiger partial charge in [-0.25, -0.2) is 4.99 Å². The second-order valence-corrected chi connectivity index (χ2v) is 2.47. The fourth-order valence-electron chi connectivity index (χ4n) is 0.860. The lowest BCUT2D eigenvalue weighted by Crippen LogP contribution is -1.87. The van der Waals surface area contributed by atoms with Gasteiger partial charge in [0.05, 0.1) is 17.2 Å². The summed E-state index contributed by atoms with van der Waals surface area (Å²) in [5, 5.41) is 10.4. The van der Waals surface area contributed by atoms with E-state index in [4.69, 9.17) is 4.74 Å². The number of rotatable bonds is 4. The SMILES string of the molecule is CCOC=Nc1cccc([N+](=O)[O-])c1. The molecule has 0 unspecified atom stereocenters. The molecule has 0 heterocycles. The molecule has 0 radical (unpaired) electrons. The van der Waals surface area contributed by atoms with E-state index in [1.807, 2.05) is 6.92 Å². The number of ether oxygens (including phenoxy) is 1. The van der Waals surface area contributed by atoms with Gasteiger partial charge in [-0.05, 0) is 13.0 Å². The van der Waals surface area contributed by atoms with Crippen molar-refractivity contribution < 1.29 is 9.66 Å². The number of nitrogens with zero attached hydrogens (tertiary/aromatic N) is 2. The number of hydrogen-bond donors (Lipinski definition) is 0. The van der Waals surface area contributed by atoms with Crippen molar-refractivity contribution in [2.75, 3.05) is 6.61 Å². The Balaban J connectivity index is 2.78. The molecule has 0 fully saturated rings. The van der Waals surface area contributed by atoms with Crippen molar-refractivity contribution in [2.45, 2.75) is 6.92 Å². The summed E-state index contributed by atoms with van der Waals surface area (Å²) in [7, 11) is 0. The van der Waals surface area contributed by atoms with Gasteiger partial charge in [0, 0.05) is 12.1 Å². The third-order valence-corrected chi connectivity index (χ3v) is 1.48. The van der Waals surface area contributed by atoms with Crippen molar-refractivity contribution in [1.29, 1.82) is 0 Å². The normalized spacial score (nSPS) is 10.4. The van der Waals surface area contributed by atoms with Crippen molar-refractivity contribution >= 4 is 17.8 Å². The average Bonchev–Trinajstić information content (AvgIpc) is 2.19. The zero-order valence-corrected chi connectivity index (χ0v) is 7.71. The molecule has 0 atom stereocenters. The second kappa shape index (κ2) is 4.96. The lowest BCUT2D eigenvalue weighted by Gasteiger charge is -1.94. The standard InChI is InChI=1S/C9H10N2O3/c1-2-14-7-10-8-4-3-5-9(6-8)11(12)13/h3-7H,2H2,1H3. The molecular weight excluding hydrogens is 184 g/mol. The average molecular weight is 194 g/mol. The first-order valence-electron chi connectivity index (χ1n) is 4.12. The number of aliphatic imine (C=N–C) groups is 1. The molecule has 0 amide bonds. The van der Waals surface area contributed by atoms with Crippen LogP contribution in [0.3, 0.4) is 0 Å². The molecule has 5 heteroatoms. The highest BCUT2D eigenvalue weighted by Gasteiger charge is 2.03. The first-order chi connectivity index (χ1) is 6.74. The van der Waals surface area contributed by atoms with Gasteiger partial charge < -0.3 is 4.74 Å². The molecule has 0 N–H and O–H groups in total. The van der Waals surface area contributed by atoms with Crippen LogP contribution in [-0.4, -0.2) is 17.9 Å². The Morgan fingerprint density at radius 1 is 1.64 bits per heavy atom. The summed E-state index contributed by atoms with van der Waals surface area (Å²) in [4.78, 5) is 13.8. The van der Waals surface area contributed by atoms with Crippen LogP contribution in [0.5, 0.6) is 0 Å². The summed E-state index contributed by atoms with van der Waals surface area (Å²) in [6.07, 6.45) is 1.28. The van der Waals surface area contributed by atoms with Crippen LogP contribution in [0.1, 0.15) is 6.92 Å². The second-order valence-electron chi connectivity index (χ2n) is 2.47. The van der Waals surface area contributed by atoms with E-state index in [9.17, 15) is 10.1 Å². The summed E-state index contributed by atoms with van der Waals surface area (Å²) >= 11 is 0. The summed E-state index contributed by atoms with van der Waals surface area (Å²) < 4.78 is 4.88. The highest BCUT2D eigenvalue weighted by atomic mass is 16.6. The van der Waals surface area contributed by atoms with Crippen molar-refractivity contribution in [3.05, 3.63) is 34.4 Å². The number of benzene rings is 1. The molecule has 74 valence electrons. The summed E-state index contributed by atoms with van der Waals surface area (Å²) in [5.74, 6) is 0. The van der Waals surface area contributed by atoms with Crippen LogP contribution >= 0.6 is 0 Å². The van der Waals surface area contributed by atoms with Gasteiger partial charge in [-0.2, -0.15) is 0 Å². The Morgan fingerprint density at radius 2 is 2.43 bits per heavy atom. The zero-order valence-electron chi connectivity index (χ0n) is 7.71. The van der Waals surface area contributed by atoms with Crippen molar-refractivity contribution in [1.82, 2.24) is 0 Å². The maximum absolute atomic E-state index is 10.4. The number of nitro benzene ring substituents is 1. The molecular formula is C9H10N2O3. The fraction of sp³-hybridized carbons (Fsp3) is 0.222. The van der Waals surface area contributed by atoms with Gasteiger partial charge in [-0.3, -0.25) is 10.1 Å². The predicted molar refractivity (Wildman–Crippen MR) is 52.9 cm³/mol. The molecule has 0 spiro atoms. The minimum absolute atomic E-state index is 0.0242. The molecule has 1 rings (SSSR count). The molecule has 1 aromatic rings. The van der Waals surface area contributed by atoms with Gasteiger partial charge in [-0.15, -0.1) is 0 Å². The molecule has 14 heavy (non-hydrogen) atoms. The largest absolute Gasteiger partial charge is 0.483 e. The van der Waals surface area contributed by atoms with E-state index in [-0.39, 0.29) is 5.69 Å². The molecule has 0 aliphatic rings. The molecule has 0 aliphatic carbocycles. The Morgan fingerprint density at radius 3 is 3.07 bits per heavy atom. The summed E-state index contributed by atoms with van der Waals surface area (Å²) in [5.41, 5.74) is 0.531. The molecule has 5 nitrogen and oxygen atoms in total. The molecule has 0 saturated heterocycles.